The summed E-state index contributed by atoms with van der Waals surface area (Å²) in [5, 5.41) is 5.30. The smallest absolute Gasteiger partial charge is 0.262 e. The molecule has 1 aliphatic heterocycles. The van der Waals surface area contributed by atoms with Crippen LogP contribution in [-0.2, 0) is 0 Å². The first kappa shape index (κ1) is 14.7. The van der Waals surface area contributed by atoms with Crippen molar-refractivity contribution in [1.82, 2.24) is 24.5 Å². The van der Waals surface area contributed by atoms with E-state index in [1.165, 1.54) is 4.90 Å². The average molecular weight is 343 g/mol. The molecule has 5 rings (SSSR count). The van der Waals surface area contributed by atoms with Crippen LogP contribution >= 0.6 is 0 Å². The van der Waals surface area contributed by atoms with E-state index in [0.717, 1.165) is 10.9 Å². The largest absolute Gasteiger partial charge is 0.269 e. The SMILES string of the molecule is CC(c1nc2c3ccccc3ncn2n1)N1C(=O)c2ccccc2C1=O. The van der Waals surface area contributed by atoms with Gasteiger partial charge in [-0.05, 0) is 31.2 Å². The average Bonchev–Trinajstić information content (AvgIpc) is 3.22. The molecule has 2 amide bonds. The minimum absolute atomic E-state index is 0.320. The first-order valence-corrected chi connectivity index (χ1v) is 8.22. The number of para-hydroxylation sites is 1. The van der Waals surface area contributed by atoms with Crippen molar-refractivity contribution in [3.8, 4) is 0 Å². The fraction of sp³-hybridized carbons (Fsp3) is 0.105. The molecule has 0 N–H and O–H groups in total. The number of hydrogen-bond acceptors (Lipinski definition) is 5. The monoisotopic (exact) mass is 343 g/mol. The molecule has 0 radical (unpaired) electrons. The molecule has 0 fully saturated rings. The Morgan fingerprint density at radius 2 is 1.58 bits per heavy atom. The molecule has 126 valence electrons. The van der Waals surface area contributed by atoms with Crippen molar-refractivity contribution in [2.75, 3.05) is 0 Å². The number of carbonyl (C=O) groups is 2. The molecular formula is C19H13N5O2. The zero-order chi connectivity index (χ0) is 17.8. The second-order valence-corrected chi connectivity index (χ2v) is 6.20. The number of benzene rings is 2. The van der Waals surface area contributed by atoms with Gasteiger partial charge in [0, 0.05) is 5.39 Å². The Labute approximate surface area is 147 Å². The summed E-state index contributed by atoms with van der Waals surface area (Å²) in [7, 11) is 0. The van der Waals surface area contributed by atoms with Gasteiger partial charge in [-0.2, -0.15) is 0 Å². The third kappa shape index (κ3) is 1.91. The zero-order valence-corrected chi connectivity index (χ0v) is 13.8. The van der Waals surface area contributed by atoms with Crippen LogP contribution in [0.3, 0.4) is 0 Å². The van der Waals surface area contributed by atoms with Crippen LogP contribution in [0.1, 0.15) is 39.5 Å². The van der Waals surface area contributed by atoms with Crippen molar-refractivity contribution < 1.29 is 9.59 Å². The summed E-state index contributed by atoms with van der Waals surface area (Å²) >= 11 is 0. The fourth-order valence-corrected chi connectivity index (χ4v) is 3.35. The van der Waals surface area contributed by atoms with Gasteiger partial charge in [0.2, 0.25) is 0 Å². The number of aromatic nitrogens is 4. The van der Waals surface area contributed by atoms with Crippen LogP contribution in [0.4, 0.5) is 0 Å². The van der Waals surface area contributed by atoms with Crippen LogP contribution < -0.4 is 0 Å². The van der Waals surface area contributed by atoms with E-state index >= 15 is 0 Å². The summed E-state index contributed by atoms with van der Waals surface area (Å²) in [6.07, 6.45) is 1.59. The van der Waals surface area contributed by atoms with E-state index in [2.05, 4.69) is 15.1 Å². The summed E-state index contributed by atoms with van der Waals surface area (Å²) in [6.45, 7) is 1.76. The molecule has 3 heterocycles. The Balaban J connectivity index is 1.61. The summed E-state index contributed by atoms with van der Waals surface area (Å²) in [4.78, 5) is 35.5. The minimum atomic E-state index is -0.582. The first-order valence-electron chi connectivity index (χ1n) is 8.22. The Morgan fingerprint density at radius 1 is 0.923 bits per heavy atom. The summed E-state index contributed by atoms with van der Waals surface area (Å²) in [5.41, 5.74) is 2.29. The molecule has 0 saturated carbocycles. The second kappa shape index (κ2) is 5.19. The quantitative estimate of drug-likeness (QED) is 0.523. The van der Waals surface area contributed by atoms with Crippen molar-refractivity contribution in [2.24, 2.45) is 0 Å². The molecule has 1 unspecified atom stereocenters. The van der Waals surface area contributed by atoms with Crippen molar-refractivity contribution >= 4 is 28.4 Å². The molecule has 7 heteroatoms. The molecule has 2 aromatic carbocycles. The van der Waals surface area contributed by atoms with Crippen molar-refractivity contribution in [1.29, 1.82) is 0 Å². The lowest BCUT2D eigenvalue weighted by atomic mass is 10.1. The van der Waals surface area contributed by atoms with Crippen LogP contribution in [-0.4, -0.2) is 36.3 Å². The van der Waals surface area contributed by atoms with Gasteiger partial charge in [0.1, 0.15) is 6.33 Å². The Morgan fingerprint density at radius 3 is 2.31 bits per heavy atom. The highest BCUT2D eigenvalue weighted by Crippen LogP contribution is 2.30. The van der Waals surface area contributed by atoms with E-state index in [1.54, 1.807) is 42.0 Å². The number of amides is 2. The van der Waals surface area contributed by atoms with E-state index < -0.39 is 6.04 Å². The van der Waals surface area contributed by atoms with Gasteiger partial charge in [-0.1, -0.05) is 24.3 Å². The van der Waals surface area contributed by atoms with E-state index in [9.17, 15) is 9.59 Å². The highest BCUT2D eigenvalue weighted by molar-refractivity contribution is 6.21. The predicted molar refractivity (Wildman–Crippen MR) is 93.6 cm³/mol. The lowest BCUT2D eigenvalue weighted by molar-refractivity contribution is 0.0589. The van der Waals surface area contributed by atoms with Gasteiger partial charge in [0.25, 0.3) is 11.8 Å². The van der Waals surface area contributed by atoms with Gasteiger partial charge in [-0.15, -0.1) is 5.10 Å². The van der Waals surface area contributed by atoms with Crippen molar-refractivity contribution in [2.45, 2.75) is 13.0 Å². The van der Waals surface area contributed by atoms with Crippen molar-refractivity contribution in [3.63, 3.8) is 0 Å². The van der Waals surface area contributed by atoms with Crippen LogP contribution in [0.5, 0.6) is 0 Å². The van der Waals surface area contributed by atoms with Crippen LogP contribution in [0.25, 0.3) is 16.6 Å². The number of imide groups is 1. The Kier molecular flexibility index (Phi) is 2.94. The molecule has 1 aliphatic rings. The number of fused-ring (bicyclic) bond motifs is 4. The van der Waals surface area contributed by atoms with Crippen molar-refractivity contribution in [3.05, 3.63) is 71.8 Å². The highest BCUT2D eigenvalue weighted by Gasteiger charge is 2.40. The molecule has 2 aromatic heterocycles. The number of rotatable bonds is 2. The van der Waals surface area contributed by atoms with Gasteiger partial charge in [0.15, 0.2) is 11.5 Å². The highest BCUT2D eigenvalue weighted by atomic mass is 16.2. The third-order valence-electron chi connectivity index (χ3n) is 4.69. The Hall–Kier alpha value is -3.61. The molecule has 1 atom stereocenters. The molecule has 7 nitrogen and oxygen atoms in total. The molecular weight excluding hydrogens is 330 g/mol. The molecule has 0 saturated heterocycles. The van der Waals surface area contributed by atoms with Gasteiger partial charge < -0.3 is 0 Å². The predicted octanol–water partition coefficient (Wildman–Crippen LogP) is 2.63. The second-order valence-electron chi connectivity index (χ2n) is 6.20. The molecule has 0 bridgehead atoms. The lowest BCUT2D eigenvalue weighted by Gasteiger charge is -2.19. The molecule has 0 aliphatic carbocycles. The number of carbonyl (C=O) groups excluding carboxylic acids is 2. The van der Waals surface area contributed by atoms with Gasteiger partial charge in [-0.3, -0.25) is 14.5 Å². The van der Waals surface area contributed by atoms with Gasteiger partial charge in [0.05, 0.1) is 22.7 Å². The zero-order valence-electron chi connectivity index (χ0n) is 13.8. The van der Waals surface area contributed by atoms with E-state index in [-0.39, 0.29) is 11.8 Å². The maximum absolute atomic E-state index is 12.7. The topological polar surface area (TPSA) is 80.5 Å². The van der Waals surface area contributed by atoms with Gasteiger partial charge >= 0.3 is 0 Å². The van der Waals surface area contributed by atoms with E-state index in [0.29, 0.717) is 22.6 Å². The van der Waals surface area contributed by atoms with E-state index in [4.69, 9.17) is 0 Å². The summed E-state index contributed by atoms with van der Waals surface area (Å²) < 4.78 is 1.58. The number of hydrogen-bond donors (Lipinski definition) is 0. The van der Waals surface area contributed by atoms with E-state index in [1.807, 2.05) is 24.3 Å². The summed E-state index contributed by atoms with van der Waals surface area (Å²) in [6, 6.07) is 13.9. The normalized spacial score (nSPS) is 15.0. The van der Waals surface area contributed by atoms with Crippen LogP contribution in [0, 0.1) is 0 Å². The lowest BCUT2D eigenvalue weighted by Crippen LogP contribution is -2.33. The fourth-order valence-electron chi connectivity index (χ4n) is 3.35. The Bertz CT molecular complexity index is 1180. The number of nitrogens with zero attached hydrogens (tertiary/aromatic N) is 5. The maximum Gasteiger partial charge on any atom is 0.262 e. The third-order valence-corrected chi connectivity index (χ3v) is 4.69. The minimum Gasteiger partial charge on any atom is -0.269 e. The maximum atomic E-state index is 12.7. The summed E-state index contributed by atoms with van der Waals surface area (Å²) in [5.74, 6) is -0.238. The van der Waals surface area contributed by atoms with Crippen LogP contribution in [0.15, 0.2) is 54.9 Å². The molecule has 4 aromatic rings. The van der Waals surface area contributed by atoms with Crippen LogP contribution in [0.2, 0.25) is 0 Å². The standard InChI is InChI=1S/C19H13N5O2/c1-11(24-18(25)12-6-2-3-7-13(12)19(24)26)16-21-17-14-8-4-5-9-15(14)20-10-23(17)22-16/h2-11H,1H3. The first-order chi connectivity index (χ1) is 12.6. The molecule has 0 spiro atoms. The molecule has 26 heavy (non-hydrogen) atoms. The van der Waals surface area contributed by atoms with Gasteiger partial charge in [-0.25, -0.2) is 14.5 Å².